The Labute approximate surface area is 180 Å². The molecule has 12 heteroatoms. The van der Waals surface area contributed by atoms with Gasteiger partial charge < -0.3 is 15.2 Å². The molecule has 0 fully saturated rings. The number of esters is 1. The van der Waals surface area contributed by atoms with Gasteiger partial charge in [-0.3, -0.25) is 0 Å². The molecule has 0 amide bonds. The van der Waals surface area contributed by atoms with E-state index in [-0.39, 0.29) is 28.3 Å². The molecule has 0 saturated carbocycles. The second-order valence-corrected chi connectivity index (χ2v) is 7.08. The van der Waals surface area contributed by atoms with Crippen molar-refractivity contribution in [3.63, 3.8) is 0 Å². The van der Waals surface area contributed by atoms with Crippen LogP contribution in [0.3, 0.4) is 0 Å². The quantitative estimate of drug-likeness (QED) is 0.425. The zero-order valence-electron chi connectivity index (χ0n) is 15.1. The summed E-state index contributed by atoms with van der Waals surface area (Å²) in [5.74, 6) is 0.659. The van der Waals surface area contributed by atoms with E-state index in [9.17, 15) is 4.79 Å². The predicted octanol–water partition coefficient (Wildman–Crippen LogP) is 3.09. The number of rotatable bonds is 7. The first-order chi connectivity index (χ1) is 13.8. The second-order valence-electron chi connectivity index (χ2n) is 5.89. The minimum atomic E-state index is -0.599. The van der Waals surface area contributed by atoms with Gasteiger partial charge in [-0.1, -0.05) is 40.0 Å². The number of halogens is 3. The van der Waals surface area contributed by atoms with E-state index >= 15 is 0 Å². The third-order valence-electron chi connectivity index (χ3n) is 3.63. The maximum absolute atomic E-state index is 11.9. The van der Waals surface area contributed by atoms with Crippen LogP contribution in [0.5, 0.6) is 5.75 Å². The number of aromatic nitrogens is 5. The maximum atomic E-state index is 11.9. The van der Waals surface area contributed by atoms with Crippen LogP contribution >= 0.6 is 34.8 Å². The predicted molar refractivity (Wildman–Crippen MR) is 107 cm³/mol. The average Bonchev–Trinajstić information content (AvgIpc) is 3.12. The fraction of sp³-hybridized carbons (Fsp3) is 0.235. The summed E-state index contributed by atoms with van der Waals surface area (Å²) in [4.78, 5) is 20.1. The fourth-order valence-corrected chi connectivity index (χ4v) is 2.82. The molecule has 3 aromatic rings. The molecule has 0 atom stereocenters. The number of hydrogen-bond acceptors (Lipinski definition) is 8. The van der Waals surface area contributed by atoms with E-state index < -0.39 is 5.97 Å². The van der Waals surface area contributed by atoms with Crippen LogP contribution in [-0.4, -0.2) is 37.5 Å². The molecule has 9 nitrogen and oxygen atoms in total. The normalized spacial score (nSPS) is 10.8. The lowest BCUT2D eigenvalue weighted by Gasteiger charge is -2.08. The van der Waals surface area contributed by atoms with Crippen LogP contribution in [0.1, 0.15) is 17.1 Å². The molecule has 29 heavy (non-hydrogen) atoms. The van der Waals surface area contributed by atoms with Gasteiger partial charge in [0.1, 0.15) is 29.7 Å². The molecule has 2 heterocycles. The number of aryl methyl sites for hydroxylation is 1. The minimum Gasteiger partial charge on any atom is -0.482 e. The van der Waals surface area contributed by atoms with E-state index in [1.807, 2.05) is 0 Å². The molecule has 0 aliphatic carbocycles. The Morgan fingerprint density at radius 1 is 1.24 bits per heavy atom. The number of ether oxygens (including phenoxy) is 2. The van der Waals surface area contributed by atoms with Crippen LogP contribution in [0, 0.1) is 6.92 Å². The van der Waals surface area contributed by atoms with E-state index in [1.165, 1.54) is 12.1 Å². The molecule has 3 rings (SSSR count). The van der Waals surface area contributed by atoms with Crippen molar-refractivity contribution in [3.05, 3.63) is 56.7 Å². The van der Waals surface area contributed by atoms with Crippen LogP contribution in [0.25, 0.3) is 0 Å². The highest BCUT2D eigenvalue weighted by Gasteiger charge is 2.11. The number of carbonyl (C=O) groups excluding carboxylic acids is 1. The highest BCUT2D eigenvalue weighted by Crippen LogP contribution is 2.34. The van der Waals surface area contributed by atoms with Crippen molar-refractivity contribution < 1.29 is 14.3 Å². The van der Waals surface area contributed by atoms with Gasteiger partial charge in [-0.25, -0.2) is 19.4 Å². The Morgan fingerprint density at radius 2 is 1.97 bits per heavy atom. The van der Waals surface area contributed by atoms with Gasteiger partial charge in [-0.05, 0) is 6.92 Å². The summed E-state index contributed by atoms with van der Waals surface area (Å²) in [6.45, 7) is 1.69. The molecule has 1 aromatic carbocycles. The summed E-state index contributed by atoms with van der Waals surface area (Å²) in [7, 11) is 0. The number of carbonyl (C=O) groups is 1. The first-order valence-electron chi connectivity index (χ1n) is 8.22. The molecule has 2 aromatic heterocycles. The smallest absolute Gasteiger partial charge is 0.344 e. The van der Waals surface area contributed by atoms with Crippen molar-refractivity contribution >= 4 is 46.6 Å². The summed E-state index contributed by atoms with van der Waals surface area (Å²) in [5.41, 5.74) is 7.03. The number of benzene rings is 1. The summed E-state index contributed by atoms with van der Waals surface area (Å²) < 4.78 is 12.0. The minimum absolute atomic E-state index is 0.0653. The topological polar surface area (TPSA) is 118 Å². The Morgan fingerprint density at radius 3 is 2.66 bits per heavy atom. The lowest BCUT2D eigenvalue weighted by atomic mass is 10.3. The van der Waals surface area contributed by atoms with Gasteiger partial charge in [0.05, 0.1) is 27.8 Å². The van der Waals surface area contributed by atoms with Gasteiger partial charge in [0.2, 0.25) is 0 Å². The highest BCUT2D eigenvalue weighted by molar-refractivity contribution is 6.48. The molecule has 0 aliphatic heterocycles. The van der Waals surface area contributed by atoms with E-state index in [1.54, 1.807) is 24.0 Å². The molecule has 0 unspecified atom stereocenters. The van der Waals surface area contributed by atoms with Crippen molar-refractivity contribution in [3.8, 4) is 5.75 Å². The standard InChI is InChI=1S/C17H15Cl3N6O3/c1-9-22-4-10(17(21)23-9)5-26-6-11(24-25-26)7-29-15(27)8-28-12-2-13(18)16(20)14(19)3-12/h2-4,6H,5,7-8H2,1H3,(H2,21,22,23). The van der Waals surface area contributed by atoms with Crippen molar-refractivity contribution in [1.29, 1.82) is 0 Å². The summed E-state index contributed by atoms with van der Waals surface area (Å²) in [6.07, 6.45) is 3.26. The van der Waals surface area contributed by atoms with Gasteiger partial charge in [-0.15, -0.1) is 5.10 Å². The zero-order chi connectivity index (χ0) is 21.0. The van der Waals surface area contributed by atoms with Gasteiger partial charge in [-0.2, -0.15) is 0 Å². The third kappa shape index (κ3) is 5.69. The number of nitrogens with zero attached hydrogens (tertiary/aromatic N) is 5. The number of anilines is 1. The first-order valence-corrected chi connectivity index (χ1v) is 9.35. The highest BCUT2D eigenvalue weighted by atomic mass is 35.5. The molecular weight excluding hydrogens is 443 g/mol. The number of nitrogen functional groups attached to an aromatic ring is 1. The Kier molecular flexibility index (Phi) is 6.73. The molecule has 0 saturated heterocycles. The summed E-state index contributed by atoms with van der Waals surface area (Å²) in [5, 5.41) is 8.57. The lowest BCUT2D eigenvalue weighted by molar-refractivity contribution is -0.147. The van der Waals surface area contributed by atoms with Crippen LogP contribution < -0.4 is 10.5 Å². The van der Waals surface area contributed by atoms with E-state index in [4.69, 9.17) is 50.0 Å². The van der Waals surface area contributed by atoms with E-state index in [2.05, 4.69) is 20.3 Å². The SMILES string of the molecule is Cc1ncc(Cn2cc(COC(=O)COc3cc(Cl)c(Cl)c(Cl)c3)nn2)c(N)n1. The summed E-state index contributed by atoms with van der Waals surface area (Å²) in [6, 6.07) is 2.91. The largest absolute Gasteiger partial charge is 0.482 e. The fourth-order valence-electron chi connectivity index (χ4n) is 2.24. The Bertz CT molecular complexity index is 1020. The number of hydrogen-bond donors (Lipinski definition) is 1. The second kappa shape index (κ2) is 9.25. The monoisotopic (exact) mass is 456 g/mol. The lowest BCUT2D eigenvalue weighted by Crippen LogP contribution is -2.15. The molecule has 0 spiro atoms. The van der Waals surface area contributed by atoms with Gasteiger partial charge in [0.15, 0.2) is 6.61 Å². The van der Waals surface area contributed by atoms with Crippen molar-refractivity contribution in [1.82, 2.24) is 25.0 Å². The third-order valence-corrected chi connectivity index (χ3v) is 4.83. The molecule has 0 aliphatic rings. The Hall–Kier alpha value is -2.62. The average molecular weight is 458 g/mol. The Balaban J connectivity index is 1.49. The van der Waals surface area contributed by atoms with Crippen LogP contribution in [0.4, 0.5) is 5.82 Å². The van der Waals surface area contributed by atoms with Gasteiger partial charge in [0, 0.05) is 23.9 Å². The molecule has 0 radical (unpaired) electrons. The van der Waals surface area contributed by atoms with E-state index in [0.29, 0.717) is 35.2 Å². The maximum Gasteiger partial charge on any atom is 0.344 e. The summed E-state index contributed by atoms with van der Waals surface area (Å²) >= 11 is 17.7. The van der Waals surface area contributed by atoms with E-state index in [0.717, 1.165) is 0 Å². The zero-order valence-corrected chi connectivity index (χ0v) is 17.4. The van der Waals surface area contributed by atoms with Crippen LogP contribution in [0.2, 0.25) is 15.1 Å². The first kappa shape index (κ1) is 21.1. The van der Waals surface area contributed by atoms with Gasteiger partial charge >= 0.3 is 5.97 Å². The van der Waals surface area contributed by atoms with Gasteiger partial charge in [0.25, 0.3) is 0 Å². The molecule has 152 valence electrons. The van der Waals surface area contributed by atoms with Crippen LogP contribution in [0.15, 0.2) is 24.5 Å². The van der Waals surface area contributed by atoms with Crippen LogP contribution in [-0.2, 0) is 22.7 Å². The molecule has 2 N–H and O–H groups in total. The molecule has 0 bridgehead atoms. The number of nitrogens with two attached hydrogens (primary N) is 1. The van der Waals surface area contributed by atoms with Crippen molar-refractivity contribution in [2.24, 2.45) is 0 Å². The molecular formula is C17H15Cl3N6O3. The van der Waals surface area contributed by atoms with Crippen molar-refractivity contribution in [2.75, 3.05) is 12.3 Å². The van der Waals surface area contributed by atoms with Crippen molar-refractivity contribution in [2.45, 2.75) is 20.1 Å².